The Morgan fingerprint density at radius 2 is 1.33 bits per heavy atom. The lowest BCUT2D eigenvalue weighted by Gasteiger charge is -1.98. The van der Waals surface area contributed by atoms with Crippen molar-refractivity contribution in [1.29, 1.82) is 0 Å². The molecule has 0 aromatic rings. The second kappa shape index (κ2) is 9.53. The Balaban J connectivity index is 3.78. The fourth-order valence-corrected chi connectivity index (χ4v) is 0.573. The number of halogens is 2. The third-order valence-corrected chi connectivity index (χ3v) is 1.19. The Kier molecular flexibility index (Phi) is 8.88. The third-order valence-electron chi connectivity index (χ3n) is 0.876. The van der Waals surface area contributed by atoms with E-state index in [0.29, 0.717) is 0 Å². The normalized spacial score (nSPS) is 12.7. The average molecular weight is 261 g/mol. The molecule has 0 radical (unpaired) electrons. The monoisotopic (exact) mass is 260 g/mol. The van der Waals surface area contributed by atoms with Crippen molar-refractivity contribution >= 4 is 23.2 Å². The molecule has 0 unspecified atom stereocenters. The Hall–Kier alpha value is -1.02. The quantitative estimate of drug-likeness (QED) is 0.164. The van der Waals surface area contributed by atoms with E-state index in [2.05, 4.69) is 20.2 Å². The lowest BCUT2D eigenvalue weighted by atomic mass is 10.9. The molecular weight excluding hydrogens is 251 g/mol. The molecule has 0 amide bonds. The zero-order valence-corrected chi connectivity index (χ0v) is 9.23. The molecule has 0 aromatic heterocycles. The first-order chi connectivity index (χ1) is 7.20. The first-order valence-corrected chi connectivity index (χ1v) is 4.94. The van der Waals surface area contributed by atoms with Gasteiger partial charge >= 0.3 is 6.67 Å². The van der Waals surface area contributed by atoms with E-state index in [1.54, 1.807) is 0 Å². The van der Waals surface area contributed by atoms with Crippen LogP contribution in [0.2, 0.25) is 0 Å². The van der Waals surface area contributed by atoms with Crippen molar-refractivity contribution in [2.24, 2.45) is 10.6 Å². The second-order valence-electron chi connectivity index (χ2n) is 2.05. The van der Waals surface area contributed by atoms with E-state index in [1.165, 1.54) is 0 Å². The van der Waals surface area contributed by atoms with Gasteiger partial charge in [-0.15, -0.1) is 23.2 Å². The number of hydrogen-bond donors (Lipinski definition) is 0. The van der Waals surface area contributed by atoms with Crippen molar-refractivity contribution in [3.05, 3.63) is 10.4 Å². The van der Waals surface area contributed by atoms with E-state index in [4.69, 9.17) is 23.2 Å². The van der Waals surface area contributed by atoms with E-state index >= 15 is 0 Å². The number of rotatable bonds is 8. The molecule has 0 aliphatic heterocycles. The summed E-state index contributed by atoms with van der Waals surface area (Å²) >= 11 is 10.5. The van der Waals surface area contributed by atoms with Crippen LogP contribution >= 0.6 is 23.2 Å². The highest BCUT2D eigenvalue weighted by Gasteiger charge is 2.04. The van der Waals surface area contributed by atoms with Gasteiger partial charge in [0.25, 0.3) is 0 Å². The van der Waals surface area contributed by atoms with Crippen molar-refractivity contribution in [1.82, 2.24) is 0 Å². The van der Waals surface area contributed by atoms with E-state index in [1.807, 2.05) is 0 Å². The van der Waals surface area contributed by atoms with Gasteiger partial charge in [-0.05, 0) is 0 Å². The Bertz CT molecular complexity index is 203. The molecule has 0 saturated carbocycles. The number of hydroxylamine groups is 2. The molecule has 0 aliphatic carbocycles. The van der Waals surface area contributed by atoms with E-state index in [-0.39, 0.29) is 34.7 Å². The predicted molar refractivity (Wildman–Crippen MR) is 50.3 cm³/mol. The summed E-state index contributed by atoms with van der Waals surface area (Å²) < 4.78 is 0. The summed E-state index contributed by atoms with van der Waals surface area (Å²) in [7, 11) is 0. The van der Waals surface area contributed by atoms with Crippen LogP contribution in [0.1, 0.15) is 0 Å². The number of nitrogens with zero attached hydrogens (tertiary/aromatic N) is 4. The van der Waals surface area contributed by atoms with Crippen LogP contribution in [0.5, 0.6) is 0 Å². The molecule has 8 nitrogen and oxygen atoms in total. The maximum atomic E-state index is 10.8. The molecule has 0 fully saturated rings. The van der Waals surface area contributed by atoms with Gasteiger partial charge in [-0.2, -0.15) is 0 Å². The van der Waals surface area contributed by atoms with Gasteiger partial charge in [0.05, 0.1) is 11.8 Å². The van der Waals surface area contributed by atoms with Crippen LogP contribution in [-0.2, 0) is 9.68 Å². The minimum atomic E-state index is -0.662. The second-order valence-corrected chi connectivity index (χ2v) is 2.81. The van der Waals surface area contributed by atoms with Gasteiger partial charge in [-0.3, -0.25) is 0 Å². The fraction of sp³-hybridized carbons (Fsp3) is 1.00. The van der Waals surface area contributed by atoms with Gasteiger partial charge in [0.15, 0.2) is 0 Å². The summed E-state index contributed by atoms with van der Waals surface area (Å²) in [6.45, 7) is -0.497. The molecular formula is C5H10Cl2N4O4. The maximum Gasteiger partial charge on any atom is 0.408 e. The van der Waals surface area contributed by atoms with Crippen LogP contribution in [0.4, 0.5) is 0 Å². The van der Waals surface area contributed by atoms with Crippen LogP contribution in [0.15, 0.2) is 10.6 Å². The van der Waals surface area contributed by atoms with Gasteiger partial charge in [-0.25, -0.2) is 0 Å². The van der Waals surface area contributed by atoms with Gasteiger partial charge in [0, 0.05) is 9.72 Å². The van der Waals surface area contributed by atoms with Crippen molar-refractivity contribution in [2.45, 2.75) is 0 Å². The topological polar surface area (TPSA) is 95.3 Å². The van der Waals surface area contributed by atoms with E-state index in [0.717, 1.165) is 0 Å². The van der Waals surface area contributed by atoms with Crippen LogP contribution in [0.3, 0.4) is 0 Å². The summed E-state index contributed by atoms with van der Waals surface area (Å²) in [5.74, 6) is 0.392. The highest BCUT2D eigenvalue weighted by atomic mass is 35.5. The molecule has 10 heteroatoms. The van der Waals surface area contributed by atoms with Crippen LogP contribution in [0, 0.1) is 10.4 Å². The minimum absolute atomic E-state index is 0.00705. The smallest absolute Gasteiger partial charge is 0.408 e. The lowest BCUT2D eigenvalue weighted by Crippen LogP contribution is -2.15. The fourth-order valence-electron chi connectivity index (χ4n) is 0.435. The van der Waals surface area contributed by atoms with Gasteiger partial charge < -0.3 is 20.1 Å². The SMILES string of the molecule is [O-][N+](C[N+]([O-])=NOCCCl)=NOCCCl. The molecule has 0 aromatic carbocycles. The third kappa shape index (κ3) is 9.29. The molecule has 15 heavy (non-hydrogen) atoms. The van der Waals surface area contributed by atoms with Crippen molar-refractivity contribution in [3.63, 3.8) is 0 Å². The standard InChI is InChI=1S/C5H10Cl2N4O4/c6-1-3-14-8-10(12)5-11(13)9-15-4-2-7/h1-5H2. The number of alkyl halides is 2. The molecule has 0 N–H and O–H groups in total. The summed E-state index contributed by atoms with van der Waals surface area (Å²) in [6.07, 6.45) is 0. The number of hydrogen-bond acceptors (Lipinski definition) is 6. The Morgan fingerprint density at radius 3 is 1.67 bits per heavy atom. The molecule has 88 valence electrons. The Labute approximate surface area is 95.8 Å². The molecule has 0 aliphatic rings. The minimum Gasteiger partial charge on any atom is -0.592 e. The Morgan fingerprint density at radius 1 is 0.933 bits per heavy atom. The molecule has 0 rings (SSSR count). The molecule has 0 saturated heterocycles. The van der Waals surface area contributed by atoms with E-state index in [9.17, 15) is 10.4 Å². The predicted octanol–water partition coefficient (Wildman–Crippen LogP) is 1.21. The van der Waals surface area contributed by atoms with E-state index < -0.39 is 6.67 Å². The maximum absolute atomic E-state index is 10.8. The van der Waals surface area contributed by atoms with Crippen molar-refractivity contribution < 1.29 is 19.4 Å². The largest absolute Gasteiger partial charge is 0.592 e. The van der Waals surface area contributed by atoms with Crippen molar-refractivity contribution in [3.8, 4) is 0 Å². The summed E-state index contributed by atoms with van der Waals surface area (Å²) in [6, 6.07) is 0. The molecule has 0 bridgehead atoms. The molecule has 0 spiro atoms. The van der Waals surface area contributed by atoms with Crippen LogP contribution < -0.4 is 0 Å². The first-order valence-electron chi connectivity index (χ1n) is 3.87. The van der Waals surface area contributed by atoms with Gasteiger partial charge in [-0.1, -0.05) is 0 Å². The summed E-state index contributed by atoms with van der Waals surface area (Å²) in [5.41, 5.74) is 0. The highest BCUT2D eigenvalue weighted by Crippen LogP contribution is 1.86. The zero-order valence-electron chi connectivity index (χ0n) is 7.71. The average Bonchev–Trinajstić information content (AvgIpc) is 2.18. The van der Waals surface area contributed by atoms with Crippen molar-refractivity contribution in [2.75, 3.05) is 31.6 Å². The molecule has 0 heterocycles. The first kappa shape index (κ1) is 14.0. The highest BCUT2D eigenvalue weighted by molar-refractivity contribution is 6.18. The van der Waals surface area contributed by atoms with Crippen LogP contribution in [0.25, 0.3) is 0 Å². The van der Waals surface area contributed by atoms with Crippen LogP contribution in [-0.4, -0.2) is 41.4 Å². The van der Waals surface area contributed by atoms with Gasteiger partial charge in [0.2, 0.25) is 10.6 Å². The van der Waals surface area contributed by atoms with Gasteiger partial charge in [0.1, 0.15) is 13.2 Å². The lowest BCUT2D eigenvalue weighted by molar-refractivity contribution is -0.750. The summed E-state index contributed by atoms with van der Waals surface area (Å²) in [5, 5.41) is 27.5. The summed E-state index contributed by atoms with van der Waals surface area (Å²) in [4.78, 5) is 8.83. The zero-order chi connectivity index (χ0) is 11.5. The molecule has 0 atom stereocenters.